The van der Waals surface area contributed by atoms with Crippen molar-refractivity contribution in [3.05, 3.63) is 128 Å². The first-order valence-corrected chi connectivity index (χ1v) is 18.1. The van der Waals surface area contributed by atoms with E-state index in [4.69, 9.17) is 34.8 Å². The quantitative estimate of drug-likeness (QED) is 0.148. The number of amides is 2. The zero-order chi connectivity index (χ0) is 36.8. The lowest BCUT2D eigenvalue weighted by Gasteiger charge is -2.34. The van der Waals surface area contributed by atoms with Crippen LogP contribution in [-0.4, -0.2) is 43.8 Å². The summed E-state index contributed by atoms with van der Waals surface area (Å²) in [6, 6.07) is 20.4. The lowest BCUT2D eigenvalue weighted by molar-refractivity contribution is -0.140. The van der Waals surface area contributed by atoms with Gasteiger partial charge >= 0.3 is 6.18 Å². The molecule has 2 atom stereocenters. The average molecular weight is 769 g/mol. The maximum atomic E-state index is 14.6. The number of nitrogens with zero attached hydrogens (tertiary/aromatic N) is 2. The zero-order valence-corrected chi connectivity index (χ0v) is 30.4. The van der Waals surface area contributed by atoms with Crippen LogP contribution >= 0.6 is 34.8 Å². The number of aryl methyl sites for hydroxylation is 1. The second-order valence-corrected chi connectivity index (χ2v) is 14.9. The summed E-state index contributed by atoms with van der Waals surface area (Å²) in [6.07, 6.45) is -4.30. The Bertz CT molecular complexity index is 1930. The van der Waals surface area contributed by atoms with Crippen molar-refractivity contribution in [2.75, 3.05) is 10.8 Å². The first-order chi connectivity index (χ1) is 23.5. The highest BCUT2D eigenvalue weighted by atomic mass is 35.5. The molecule has 4 rings (SSSR count). The number of rotatable bonds is 13. The van der Waals surface area contributed by atoms with Gasteiger partial charge in [0.2, 0.25) is 11.8 Å². The first kappa shape index (κ1) is 39.0. The number of nitrogens with one attached hydrogen (secondary N) is 1. The number of hydrogen-bond acceptors (Lipinski definition) is 4. The zero-order valence-electron chi connectivity index (χ0n) is 27.3. The molecular weight excluding hydrogens is 734 g/mol. The summed E-state index contributed by atoms with van der Waals surface area (Å²) in [5, 5.41) is 2.71. The molecule has 2 amide bonds. The minimum absolute atomic E-state index is 0.0417. The van der Waals surface area contributed by atoms with Gasteiger partial charge in [-0.1, -0.05) is 95.8 Å². The number of halogens is 6. The standard InChI is InChI=1S/C36H35Cl3F3N3O4S/c1-4-24(3)43-35(47)33(19-25-8-6-5-7-9-25)44(21-26-12-16-31(38)32(39)18-26)34(46)22-45(50(48,49)28-14-10-23(2)11-15-28)27-13-17-30(37)29(20-27)36(40,41)42/h5-18,20,24,33H,4,19,21-22H2,1-3H3,(H,43,47)/t24-,33+/m1/s1. The van der Waals surface area contributed by atoms with Gasteiger partial charge in [-0.05, 0) is 73.9 Å². The van der Waals surface area contributed by atoms with E-state index >= 15 is 0 Å². The van der Waals surface area contributed by atoms with Crippen molar-refractivity contribution in [3.63, 3.8) is 0 Å². The van der Waals surface area contributed by atoms with Crippen LogP contribution in [0.3, 0.4) is 0 Å². The van der Waals surface area contributed by atoms with E-state index in [0.29, 0.717) is 27.9 Å². The molecule has 14 heteroatoms. The molecule has 4 aromatic rings. The Labute approximate surface area is 305 Å². The molecule has 0 saturated heterocycles. The Morgan fingerprint density at radius 2 is 1.48 bits per heavy atom. The fraction of sp³-hybridized carbons (Fsp3) is 0.278. The number of alkyl halides is 3. The van der Waals surface area contributed by atoms with E-state index in [1.165, 1.54) is 41.3 Å². The van der Waals surface area contributed by atoms with Crippen molar-refractivity contribution in [2.45, 2.75) is 63.3 Å². The molecule has 7 nitrogen and oxygen atoms in total. The molecule has 1 N–H and O–H groups in total. The van der Waals surface area contributed by atoms with Gasteiger partial charge in [0.25, 0.3) is 10.0 Å². The highest BCUT2D eigenvalue weighted by molar-refractivity contribution is 7.92. The number of benzene rings is 4. The molecule has 0 bridgehead atoms. The predicted molar refractivity (Wildman–Crippen MR) is 191 cm³/mol. The predicted octanol–water partition coefficient (Wildman–Crippen LogP) is 8.72. The minimum Gasteiger partial charge on any atom is -0.352 e. The molecule has 0 aliphatic heterocycles. The molecule has 0 aliphatic carbocycles. The van der Waals surface area contributed by atoms with Crippen LogP contribution in [0.4, 0.5) is 18.9 Å². The average Bonchev–Trinajstić information content (AvgIpc) is 3.07. The molecular formula is C36H35Cl3F3N3O4S. The second kappa shape index (κ2) is 16.5. The Morgan fingerprint density at radius 3 is 2.08 bits per heavy atom. The van der Waals surface area contributed by atoms with Gasteiger partial charge in [0.1, 0.15) is 12.6 Å². The van der Waals surface area contributed by atoms with Crippen molar-refractivity contribution >= 4 is 62.3 Å². The third-order valence-electron chi connectivity index (χ3n) is 8.04. The van der Waals surface area contributed by atoms with Crippen LogP contribution in [0.15, 0.2) is 95.9 Å². The van der Waals surface area contributed by atoms with Crippen molar-refractivity contribution in [2.24, 2.45) is 0 Å². The summed E-state index contributed by atoms with van der Waals surface area (Å²) < 4.78 is 71.0. The van der Waals surface area contributed by atoms with Crippen molar-refractivity contribution in [1.82, 2.24) is 10.2 Å². The van der Waals surface area contributed by atoms with Gasteiger partial charge in [-0.2, -0.15) is 13.2 Å². The van der Waals surface area contributed by atoms with E-state index < -0.39 is 56.9 Å². The van der Waals surface area contributed by atoms with Crippen LogP contribution in [0.2, 0.25) is 15.1 Å². The number of carbonyl (C=O) groups excluding carboxylic acids is 2. The van der Waals surface area contributed by atoms with E-state index in [0.717, 1.165) is 17.7 Å². The fourth-order valence-corrected chi connectivity index (χ4v) is 7.03. The molecule has 0 aromatic heterocycles. The number of anilines is 1. The van der Waals surface area contributed by atoms with Gasteiger partial charge in [0.15, 0.2) is 0 Å². The van der Waals surface area contributed by atoms with Gasteiger partial charge in [-0.25, -0.2) is 8.42 Å². The molecule has 266 valence electrons. The van der Waals surface area contributed by atoms with Crippen LogP contribution in [0.5, 0.6) is 0 Å². The largest absolute Gasteiger partial charge is 0.417 e. The number of hydrogen-bond donors (Lipinski definition) is 1. The van der Waals surface area contributed by atoms with Crippen LogP contribution in [-0.2, 0) is 38.8 Å². The van der Waals surface area contributed by atoms with E-state index in [9.17, 15) is 31.2 Å². The monoisotopic (exact) mass is 767 g/mol. The normalized spacial score (nSPS) is 13.0. The molecule has 0 unspecified atom stereocenters. The Hall–Kier alpha value is -3.77. The molecule has 0 heterocycles. The third kappa shape index (κ3) is 9.72. The Kier molecular flexibility index (Phi) is 12.9. The fourth-order valence-electron chi connectivity index (χ4n) is 5.08. The summed E-state index contributed by atoms with van der Waals surface area (Å²) in [5.41, 5.74) is 0.187. The highest BCUT2D eigenvalue weighted by Crippen LogP contribution is 2.38. The number of carbonyl (C=O) groups is 2. The smallest absolute Gasteiger partial charge is 0.352 e. The summed E-state index contributed by atoms with van der Waals surface area (Å²) in [5.74, 6) is -1.37. The Morgan fingerprint density at radius 1 is 0.840 bits per heavy atom. The first-order valence-electron chi connectivity index (χ1n) is 15.5. The molecule has 0 saturated carbocycles. The maximum absolute atomic E-state index is 14.6. The topological polar surface area (TPSA) is 86.8 Å². The SMILES string of the molecule is CC[C@@H](C)NC(=O)[C@H](Cc1ccccc1)N(Cc1ccc(Cl)c(Cl)c1)C(=O)CN(c1ccc(Cl)c(C(F)(F)F)c1)S(=O)(=O)c1ccc(C)cc1. The van der Waals surface area contributed by atoms with Gasteiger partial charge in [-0.3, -0.25) is 13.9 Å². The second-order valence-electron chi connectivity index (χ2n) is 11.8. The van der Waals surface area contributed by atoms with E-state index in [1.54, 1.807) is 50.2 Å². The molecule has 4 aromatic carbocycles. The highest BCUT2D eigenvalue weighted by Gasteiger charge is 2.38. The molecule has 0 fully saturated rings. The van der Waals surface area contributed by atoms with E-state index in [2.05, 4.69) is 5.32 Å². The Balaban J connectivity index is 1.88. The summed E-state index contributed by atoms with van der Waals surface area (Å²) in [4.78, 5) is 29.5. The van der Waals surface area contributed by atoms with Crippen LogP contribution in [0.1, 0.15) is 42.5 Å². The molecule has 50 heavy (non-hydrogen) atoms. The van der Waals surface area contributed by atoms with E-state index in [1.807, 2.05) is 6.92 Å². The maximum Gasteiger partial charge on any atom is 0.417 e. The van der Waals surface area contributed by atoms with E-state index in [-0.39, 0.29) is 33.9 Å². The molecule has 0 spiro atoms. The van der Waals surface area contributed by atoms with Gasteiger partial charge < -0.3 is 10.2 Å². The van der Waals surface area contributed by atoms with Gasteiger partial charge in [-0.15, -0.1) is 0 Å². The third-order valence-corrected chi connectivity index (χ3v) is 10.9. The van der Waals surface area contributed by atoms with Crippen molar-refractivity contribution in [1.29, 1.82) is 0 Å². The van der Waals surface area contributed by atoms with Crippen LogP contribution in [0.25, 0.3) is 0 Å². The minimum atomic E-state index is -4.93. The van der Waals surface area contributed by atoms with Crippen LogP contribution in [0, 0.1) is 6.92 Å². The van der Waals surface area contributed by atoms with Crippen molar-refractivity contribution in [3.8, 4) is 0 Å². The van der Waals surface area contributed by atoms with Crippen LogP contribution < -0.4 is 9.62 Å². The number of sulfonamides is 1. The summed E-state index contributed by atoms with van der Waals surface area (Å²) in [7, 11) is -4.65. The summed E-state index contributed by atoms with van der Waals surface area (Å²) >= 11 is 18.3. The lowest BCUT2D eigenvalue weighted by atomic mass is 10.0. The molecule has 0 aliphatic rings. The lowest BCUT2D eigenvalue weighted by Crippen LogP contribution is -2.54. The van der Waals surface area contributed by atoms with Gasteiger partial charge in [0, 0.05) is 19.0 Å². The van der Waals surface area contributed by atoms with Gasteiger partial charge in [0.05, 0.1) is 31.2 Å². The summed E-state index contributed by atoms with van der Waals surface area (Å²) in [6.45, 7) is 4.25. The molecule has 0 radical (unpaired) electrons. The van der Waals surface area contributed by atoms with Crippen molar-refractivity contribution < 1.29 is 31.2 Å².